The number of hydrogen-bond donors (Lipinski definition) is 1. The van der Waals surface area contributed by atoms with Crippen LogP contribution in [-0.4, -0.2) is 48.1 Å². The van der Waals surface area contributed by atoms with E-state index in [0.29, 0.717) is 13.2 Å². The summed E-state index contributed by atoms with van der Waals surface area (Å²) < 4.78 is 16.4. The van der Waals surface area contributed by atoms with Gasteiger partial charge in [0.2, 0.25) is 0 Å². The van der Waals surface area contributed by atoms with Crippen LogP contribution in [0.5, 0.6) is 5.75 Å². The molecular weight excluding hydrogens is 320 g/mol. The number of aryl methyl sites for hydroxylation is 1. The van der Waals surface area contributed by atoms with Gasteiger partial charge in [0, 0.05) is 18.2 Å². The molecule has 2 unspecified atom stereocenters. The van der Waals surface area contributed by atoms with Gasteiger partial charge in [0.15, 0.2) is 5.76 Å². The third-order valence-corrected chi connectivity index (χ3v) is 4.54. The van der Waals surface area contributed by atoms with Gasteiger partial charge >= 0.3 is 0 Å². The first-order valence-electron chi connectivity index (χ1n) is 8.72. The molecule has 6 nitrogen and oxygen atoms in total. The van der Waals surface area contributed by atoms with Crippen molar-refractivity contribution in [2.75, 3.05) is 26.8 Å². The summed E-state index contributed by atoms with van der Waals surface area (Å²) in [5.41, 5.74) is 1.87. The first-order chi connectivity index (χ1) is 12.2. The van der Waals surface area contributed by atoms with Crippen molar-refractivity contribution in [2.45, 2.75) is 38.5 Å². The molecule has 25 heavy (non-hydrogen) atoms. The summed E-state index contributed by atoms with van der Waals surface area (Å²) in [6.07, 6.45) is 1.59. The third-order valence-electron chi connectivity index (χ3n) is 4.54. The van der Waals surface area contributed by atoms with Gasteiger partial charge in [-0.2, -0.15) is 0 Å². The lowest BCUT2D eigenvalue weighted by Crippen LogP contribution is -2.34. The minimum absolute atomic E-state index is 0.199. The molecule has 1 aromatic carbocycles. The van der Waals surface area contributed by atoms with E-state index < -0.39 is 6.10 Å². The lowest BCUT2D eigenvalue weighted by atomic mass is 10.1. The maximum Gasteiger partial charge on any atom is 0.154 e. The fourth-order valence-corrected chi connectivity index (χ4v) is 3.36. The topological polar surface area (TPSA) is 68.0 Å². The molecule has 1 aliphatic heterocycles. The summed E-state index contributed by atoms with van der Waals surface area (Å²) in [6, 6.07) is 9.93. The number of para-hydroxylation sites is 1. The van der Waals surface area contributed by atoms with Crippen molar-refractivity contribution in [3.8, 4) is 5.75 Å². The lowest BCUT2D eigenvalue weighted by Gasteiger charge is -2.25. The van der Waals surface area contributed by atoms with Gasteiger partial charge in [-0.1, -0.05) is 23.4 Å². The van der Waals surface area contributed by atoms with Gasteiger partial charge in [-0.15, -0.1) is 0 Å². The normalized spacial score (nSPS) is 19.2. The van der Waals surface area contributed by atoms with Crippen molar-refractivity contribution in [1.82, 2.24) is 10.1 Å². The number of rotatable bonds is 8. The molecule has 1 N–H and O–H groups in total. The fourth-order valence-electron chi connectivity index (χ4n) is 3.36. The van der Waals surface area contributed by atoms with Crippen LogP contribution in [0.3, 0.4) is 0 Å². The molecule has 3 rings (SSSR count). The Morgan fingerprint density at radius 1 is 1.40 bits per heavy atom. The Labute approximate surface area is 148 Å². The van der Waals surface area contributed by atoms with Crippen LogP contribution in [-0.2, 0) is 11.3 Å². The Kier molecular flexibility index (Phi) is 6.07. The molecule has 0 spiro atoms. The van der Waals surface area contributed by atoms with Crippen molar-refractivity contribution in [1.29, 1.82) is 0 Å². The van der Waals surface area contributed by atoms with Crippen molar-refractivity contribution in [2.24, 2.45) is 0 Å². The second kappa shape index (κ2) is 8.47. The van der Waals surface area contributed by atoms with Gasteiger partial charge in [0.1, 0.15) is 5.75 Å². The quantitative estimate of drug-likeness (QED) is 0.793. The number of nitrogens with zero attached hydrogens (tertiary/aromatic N) is 2. The smallest absolute Gasteiger partial charge is 0.154 e. The second-order valence-corrected chi connectivity index (χ2v) is 6.50. The largest absolute Gasteiger partial charge is 0.496 e. The summed E-state index contributed by atoms with van der Waals surface area (Å²) in [7, 11) is 1.65. The number of likely N-dealkylation sites (tertiary alicyclic amines) is 1. The number of β-amino-alcohol motifs (C(OH)–C–C–N with tert-alkyl or cyclic N) is 1. The zero-order valence-corrected chi connectivity index (χ0v) is 14.9. The van der Waals surface area contributed by atoms with Crippen molar-refractivity contribution in [3.05, 3.63) is 47.3 Å². The average Bonchev–Trinajstić information content (AvgIpc) is 3.24. The van der Waals surface area contributed by atoms with Crippen LogP contribution in [0.25, 0.3) is 0 Å². The molecule has 0 aliphatic carbocycles. The van der Waals surface area contributed by atoms with Crippen LogP contribution in [0.2, 0.25) is 0 Å². The predicted molar refractivity (Wildman–Crippen MR) is 93.4 cm³/mol. The summed E-state index contributed by atoms with van der Waals surface area (Å²) in [4.78, 5) is 2.25. The van der Waals surface area contributed by atoms with Crippen molar-refractivity contribution < 1.29 is 19.1 Å². The average molecular weight is 346 g/mol. The molecule has 0 amide bonds. The van der Waals surface area contributed by atoms with Crippen LogP contribution in [0.1, 0.15) is 35.9 Å². The van der Waals surface area contributed by atoms with E-state index in [1.54, 1.807) is 7.11 Å². The number of ether oxygens (including phenoxy) is 2. The van der Waals surface area contributed by atoms with Gasteiger partial charge in [-0.25, -0.2) is 0 Å². The number of benzene rings is 1. The Bertz CT molecular complexity index is 673. The first kappa shape index (κ1) is 17.9. The maximum absolute atomic E-state index is 10.3. The second-order valence-electron chi connectivity index (χ2n) is 6.50. The molecule has 0 radical (unpaired) electrons. The highest BCUT2D eigenvalue weighted by atomic mass is 16.5. The van der Waals surface area contributed by atoms with Crippen molar-refractivity contribution >= 4 is 0 Å². The maximum atomic E-state index is 10.3. The first-order valence-corrected chi connectivity index (χ1v) is 8.72. The molecule has 2 atom stereocenters. The summed E-state index contributed by atoms with van der Waals surface area (Å²) in [6.45, 7) is 4.15. The number of hydrogen-bond acceptors (Lipinski definition) is 6. The number of aliphatic hydroxyl groups excluding tert-OH is 1. The zero-order valence-electron chi connectivity index (χ0n) is 14.9. The number of methoxy groups -OCH3 is 1. The van der Waals surface area contributed by atoms with Gasteiger partial charge in [0.05, 0.1) is 38.2 Å². The van der Waals surface area contributed by atoms with E-state index in [1.165, 1.54) is 0 Å². The monoisotopic (exact) mass is 346 g/mol. The van der Waals surface area contributed by atoms with E-state index in [4.69, 9.17) is 14.0 Å². The van der Waals surface area contributed by atoms with E-state index in [-0.39, 0.29) is 12.6 Å². The van der Waals surface area contributed by atoms with Gasteiger partial charge < -0.3 is 19.1 Å². The highest BCUT2D eigenvalue weighted by molar-refractivity contribution is 5.32. The van der Waals surface area contributed by atoms with Gasteiger partial charge in [-0.05, 0) is 32.4 Å². The van der Waals surface area contributed by atoms with E-state index in [0.717, 1.165) is 42.2 Å². The van der Waals surface area contributed by atoms with Crippen LogP contribution in [0.15, 0.2) is 34.9 Å². The van der Waals surface area contributed by atoms with E-state index in [9.17, 15) is 5.11 Å². The van der Waals surface area contributed by atoms with E-state index in [1.807, 2.05) is 37.3 Å². The van der Waals surface area contributed by atoms with Crippen LogP contribution in [0.4, 0.5) is 0 Å². The Balaban J connectivity index is 1.48. The Morgan fingerprint density at radius 2 is 2.24 bits per heavy atom. The zero-order chi connectivity index (χ0) is 17.6. The lowest BCUT2D eigenvalue weighted by molar-refractivity contribution is 0.00568. The molecule has 1 fully saturated rings. The van der Waals surface area contributed by atoms with E-state index in [2.05, 4.69) is 10.1 Å². The summed E-state index contributed by atoms with van der Waals surface area (Å²) in [5, 5.41) is 14.3. The predicted octanol–water partition coefficient (Wildman–Crippen LogP) is 2.71. The fraction of sp³-hybridized carbons (Fsp3) is 0.526. The minimum atomic E-state index is -0.542. The molecule has 2 aromatic rings. The van der Waals surface area contributed by atoms with Gasteiger partial charge in [0.25, 0.3) is 0 Å². The summed E-state index contributed by atoms with van der Waals surface area (Å²) >= 11 is 0. The molecule has 2 heterocycles. The standard InChI is InChI=1S/C19H26N2O4/c1-14-10-19(25-20-14)17-7-5-9-21(17)11-16(22)13-24-12-15-6-3-4-8-18(15)23-2/h3-4,6,8,10,16-17,22H,5,7,9,11-13H2,1-2H3. The van der Waals surface area contributed by atoms with Crippen LogP contribution >= 0.6 is 0 Å². The third kappa shape index (κ3) is 4.60. The highest BCUT2D eigenvalue weighted by Gasteiger charge is 2.30. The molecule has 136 valence electrons. The molecule has 1 saturated heterocycles. The Hall–Kier alpha value is -1.89. The Morgan fingerprint density at radius 3 is 3.00 bits per heavy atom. The van der Waals surface area contributed by atoms with Crippen molar-refractivity contribution in [3.63, 3.8) is 0 Å². The minimum Gasteiger partial charge on any atom is -0.496 e. The number of aromatic nitrogens is 1. The molecule has 6 heteroatoms. The van der Waals surface area contributed by atoms with Crippen LogP contribution < -0.4 is 4.74 Å². The molecule has 1 aliphatic rings. The van der Waals surface area contributed by atoms with E-state index >= 15 is 0 Å². The molecule has 0 bridgehead atoms. The summed E-state index contributed by atoms with van der Waals surface area (Å²) in [5.74, 6) is 1.69. The SMILES string of the molecule is COc1ccccc1COCC(O)CN1CCCC1c1cc(C)no1. The molecule has 0 saturated carbocycles. The van der Waals surface area contributed by atoms with Crippen LogP contribution in [0, 0.1) is 6.92 Å². The van der Waals surface area contributed by atoms with Gasteiger partial charge in [-0.3, -0.25) is 4.90 Å². The molecule has 1 aromatic heterocycles. The number of aliphatic hydroxyl groups is 1. The highest BCUT2D eigenvalue weighted by Crippen LogP contribution is 2.32. The molecular formula is C19H26N2O4.